The minimum atomic E-state index is -0.200. The molecule has 2 heterocycles. The van der Waals surface area contributed by atoms with E-state index >= 15 is 0 Å². The van der Waals surface area contributed by atoms with Gasteiger partial charge in [0, 0.05) is 30.6 Å². The molecule has 1 atom stereocenters. The van der Waals surface area contributed by atoms with Crippen LogP contribution in [-0.2, 0) is 6.54 Å². The Morgan fingerprint density at radius 3 is 2.60 bits per heavy atom. The van der Waals surface area contributed by atoms with Crippen LogP contribution in [0.3, 0.4) is 0 Å². The molecule has 4 rings (SSSR count). The second-order valence-electron chi connectivity index (χ2n) is 9.00. The maximum atomic E-state index is 6.67. The van der Waals surface area contributed by atoms with Crippen molar-refractivity contribution in [3.63, 3.8) is 0 Å². The molecule has 1 aliphatic rings. The summed E-state index contributed by atoms with van der Waals surface area (Å²) in [7, 11) is 0. The number of nitrogens with zero attached hydrogens (tertiary/aromatic N) is 3. The number of rotatable bonds is 3. The number of hydrogen-bond donors (Lipinski definition) is 1. The molecule has 0 amide bonds. The second kappa shape index (κ2) is 8.37. The van der Waals surface area contributed by atoms with Gasteiger partial charge in [0.2, 0.25) is 0 Å². The first kappa shape index (κ1) is 20.8. The van der Waals surface area contributed by atoms with Crippen LogP contribution in [0.1, 0.15) is 43.5 Å². The molecule has 1 fully saturated rings. The van der Waals surface area contributed by atoms with Crippen molar-refractivity contribution < 1.29 is 0 Å². The van der Waals surface area contributed by atoms with Crippen molar-refractivity contribution in [1.29, 1.82) is 0 Å². The van der Waals surface area contributed by atoms with Crippen LogP contribution in [-0.4, -0.2) is 34.3 Å². The molecular weight excluding hydrogens is 392 g/mol. The maximum absolute atomic E-state index is 6.67. The van der Waals surface area contributed by atoms with Gasteiger partial charge in [0.15, 0.2) is 0 Å². The number of benzene rings is 2. The third-order valence-corrected chi connectivity index (χ3v) is 5.57. The van der Waals surface area contributed by atoms with Crippen molar-refractivity contribution in [2.75, 3.05) is 13.1 Å². The number of amidine groups is 1. The van der Waals surface area contributed by atoms with Crippen molar-refractivity contribution in [1.82, 2.24) is 15.2 Å². The lowest BCUT2D eigenvalue weighted by molar-refractivity contribution is 0.337. The number of para-hydroxylation sites is 1. The van der Waals surface area contributed by atoms with Crippen LogP contribution >= 0.6 is 11.6 Å². The van der Waals surface area contributed by atoms with E-state index in [2.05, 4.69) is 79.3 Å². The highest BCUT2D eigenvalue weighted by Crippen LogP contribution is 2.30. The summed E-state index contributed by atoms with van der Waals surface area (Å²) in [4.78, 5) is 12.2. The zero-order valence-electron chi connectivity index (χ0n) is 18.1. The fourth-order valence-corrected chi connectivity index (χ4v) is 4.10. The number of hydrogen-bond acceptors (Lipinski definition) is 3. The number of halogens is 1. The van der Waals surface area contributed by atoms with Crippen LogP contribution in [0.2, 0.25) is 5.15 Å². The first-order valence-electron chi connectivity index (χ1n) is 10.5. The largest absolute Gasteiger partial charge is 0.353 e. The Morgan fingerprint density at radius 1 is 1.13 bits per heavy atom. The summed E-state index contributed by atoms with van der Waals surface area (Å²) in [6, 6.07) is 18.9. The lowest BCUT2D eigenvalue weighted by Gasteiger charge is -2.38. The fourth-order valence-electron chi connectivity index (χ4n) is 3.85. The summed E-state index contributed by atoms with van der Waals surface area (Å²) < 4.78 is 0. The van der Waals surface area contributed by atoms with E-state index in [9.17, 15) is 0 Å². The molecule has 1 N–H and O–H groups in total. The van der Waals surface area contributed by atoms with E-state index in [0.717, 1.165) is 41.9 Å². The molecule has 1 unspecified atom stereocenters. The van der Waals surface area contributed by atoms with E-state index in [1.165, 1.54) is 11.1 Å². The molecule has 0 radical (unpaired) electrons. The van der Waals surface area contributed by atoms with Gasteiger partial charge in [-0.3, -0.25) is 4.99 Å². The van der Waals surface area contributed by atoms with Gasteiger partial charge < -0.3 is 10.2 Å². The molecule has 1 aromatic heterocycles. The van der Waals surface area contributed by atoms with Gasteiger partial charge in [0.05, 0.1) is 17.1 Å². The highest BCUT2D eigenvalue weighted by molar-refractivity contribution is 6.31. The first-order valence-corrected chi connectivity index (χ1v) is 10.9. The Labute approximate surface area is 184 Å². The Hall–Kier alpha value is -2.43. The van der Waals surface area contributed by atoms with Crippen LogP contribution in [0.5, 0.6) is 0 Å². The molecule has 0 spiro atoms. The van der Waals surface area contributed by atoms with Gasteiger partial charge in [-0.15, -0.1) is 0 Å². The number of pyridine rings is 1. The number of fused-ring (bicyclic) bond motifs is 1. The number of aryl methyl sites for hydroxylation is 1. The molecular formula is C25H29ClN4. The monoisotopic (exact) mass is 420 g/mol. The van der Waals surface area contributed by atoms with Crippen molar-refractivity contribution >= 4 is 28.3 Å². The number of piperazine rings is 1. The van der Waals surface area contributed by atoms with Crippen LogP contribution in [0.4, 0.5) is 0 Å². The molecule has 2 aromatic carbocycles. The molecule has 30 heavy (non-hydrogen) atoms. The lowest BCUT2D eigenvalue weighted by Crippen LogP contribution is -2.50. The number of aromatic nitrogens is 1. The lowest BCUT2D eigenvalue weighted by atomic mass is 10.0. The fraction of sp³-hybridized carbons (Fsp3) is 0.360. The highest BCUT2D eigenvalue weighted by atomic mass is 35.5. The topological polar surface area (TPSA) is 40.5 Å². The van der Waals surface area contributed by atoms with E-state index in [0.29, 0.717) is 5.15 Å². The standard InChI is InChI=1S/C25H29ClN4/c1-17-9-11-18(12-10-17)16-30-14-13-27-22(24(30)29-25(2,3)4)20-15-19-7-5-6-8-21(19)28-23(20)26/h5-12,15,22,27H,13-14,16H2,1-4H3. The predicted octanol–water partition coefficient (Wildman–Crippen LogP) is 5.54. The SMILES string of the molecule is Cc1ccc(CN2CCNC(c3cc4ccccc4nc3Cl)C2=NC(C)(C)C)cc1. The van der Waals surface area contributed by atoms with E-state index in [4.69, 9.17) is 16.6 Å². The third kappa shape index (κ3) is 4.66. The van der Waals surface area contributed by atoms with Gasteiger partial charge in [-0.25, -0.2) is 4.98 Å². The van der Waals surface area contributed by atoms with Crippen molar-refractivity contribution in [2.45, 2.75) is 45.8 Å². The summed E-state index contributed by atoms with van der Waals surface area (Å²) in [5.74, 6) is 1.02. The quantitative estimate of drug-likeness (QED) is 0.565. The van der Waals surface area contributed by atoms with Gasteiger partial charge >= 0.3 is 0 Å². The number of nitrogens with one attached hydrogen (secondary N) is 1. The highest BCUT2D eigenvalue weighted by Gasteiger charge is 2.31. The van der Waals surface area contributed by atoms with Gasteiger partial charge in [-0.2, -0.15) is 0 Å². The molecule has 4 nitrogen and oxygen atoms in total. The molecule has 156 valence electrons. The third-order valence-electron chi connectivity index (χ3n) is 5.27. The predicted molar refractivity (Wildman–Crippen MR) is 126 cm³/mol. The Morgan fingerprint density at radius 2 is 1.87 bits per heavy atom. The molecule has 3 aromatic rings. The average molecular weight is 421 g/mol. The van der Waals surface area contributed by atoms with E-state index < -0.39 is 0 Å². The Balaban J connectivity index is 1.75. The molecule has 1 aliphatic heterocycles. The zero-order valence-corrected chi connectivity index (χ0v) is 18.9. The van der Waals surface area contributed by atoms with Crippen molar-refractivity contribution in [3.8, 4) is 0 Å². The van der Waals surface area contributed by atoms with Crippen LogP contribution in [0.15, 0.2) is 59.6 Å². The Bertz CT molecular complexity index is 1070. The Kier molecular flexibility index (Phi) is 5.81. The van der Waals surface area contributed by atoms with Crippen molar-refractivity contribution in [3.05, 3.63) is 76.4 Å². The van der Waals surface area contributed by atoms with Gasteiger partial charge in [-0.05, 0) is 45.4 Å². The molecule has 1 saturated heterocycles. The van der Waals surface area contributed by atoms with E-state index in [1.54, 1.807) is 0 Å². The van der Waals surface area contributed by atoms with Crippen LogP contribution in [0.25, 0.3) is 10.9 Å². The molecule has 5 heteroatoms. The zero-order chi connectivity index (χ0) is 21.3. The molecule has 0 bridgehead atoms. The minimum Gasteiger partial charge on any atom is -0.353 e. The van der Waals surface area contributed by atoms with Crippen LogP contribution in [0, 0.1) is 6.92 Å². The normalized spacial score (nSPS) is 18.9. The van der Waals surface area contributed by atoms with Gasteiger partial charge in [0.1, 0.15) is 11.0 Å². The molecule has 0 saturated carbocycles. The summed E-state index contributed by atoms with van der Waals surface area (Å²) in [5.41, 5.74) is 4.24. The minimum absolute atomic E-state index is 0.0898. The summed E-state index contributed by atoms with van der Waals surface area (Å²) in [6.07, 6.45) is 0. The average Bonchev–Trinajstić information content (AvgIpc) is 2.69. The smallest absolute Gasteiger partial charge is 0.135 e. The van der Waals surface area contributed by atoms with Gasteiger partial charge in [0.25, 0.3) is 0 Å². The second-order valence-corrected chi connectivity index (χ2v) is 9.35. The van der Waals surface area contributed by atoms with Crippen LogP contribution < -0.4 is 5.32 Å². The summed E-state index contributed by atoms with van der Waals surface area (Å²) in [6.45, 7) is 11.1. The maximum Gasteiger partial charge on any atom is 0.135 e. The van der Waals surface area contributed by atoms with E-state index in [1.807, 2.05) is 18.2 Å². The summed E-state index contributed by atoms with van der Waals surface area (Å²) in [5, 5.41) is 5.26. The van der Waals surface area contributed by atoms with Crippen molar-refractivity contribution in [2.24, 2.45) is 4.99 Å². The van der Waals surface area contributed by atoms with E-state index in [-0.39, 0.29) is 11.6 Å². The van der Waals surface area contributed by atoms with Gasteiger partial charge in [-0.1, -0.05) is 59.6 Å². The number of aliphatic imine (C=N–C) groups is 1. The molecule has 0 aliphatic carbocycles. The first-order chi connectivity index (χ1) is 14.3. The summed E-state index contributed by atoms with van der Waals surface area (Å²) >= 11 is 6.67.